The van der Waals surface area contributed by atoms with E-state index in [4.69, 9.17) is 27.9 Å². The molecule has 3 aromatic rings. The Morgan fingerprint density at radius 3 is 2.75 bits per heavy atom. The number of benzene rings is 2. The topological polar surface area (TPSA) is 51.2 Å². The molecule has 0 radical (unpaired) electrons. The number of hydrogen-bond donors (Lipinski definition) is 1. The molecule has 1 amide bonds. The molecule has 0 unspecified atom stereocenters. The highest BCUT2D eigenvalue weighted by atomic mass is 35.5. The Bertz CT molecular complexity index is 1000. The first-order valence-corrected chi connectivity index (χ1v) is 10.6. The number of thiazole rings is 1. The van der Waals surface area contributed by atoms with Crippen molar-refractivity contribution in [2.75, 3.05) is 6.54 Å². The van der Waals surface area contributed by atoms with Gasteiger partial charge in [-0.25, -0.2) is 4.98 Å². The van der Waals surface area contributed by atoms with Gasteiger partial charge in [0, 0.05) is 28.1 Å². The number of carbonyl (C=O) groups excluding carboxylic acids is 1. The van der Waals surface area contributed by atoms with Crippen LogP contribution >= 0.6 is 34.5 Å². The highest BCUT2D eigenvalue weighted by molar-refractivity contribution is 7.13. The third-order valence-electron chi connectivity index (χ3n) is 4.51. The fraction of sp³-hybridized carbons (Fsp3) is 0.238. The Morgan fingerprint density at radius 1 is 1.18 bits per heavy atom. The van der Waals surface area contributed by atoms with Gasteiger partial charge in [0.05, 0.1) is 5.02 Å². The number of ether oxygens (including phenoxy) is 1. The zero-order valence-corrected chi connectivity index (χ0v) is 17.3. The van der Waals surface area contributed by atoms with Crippen molar-refractivity contribution in [3.63, 3.8) is 0 Å². The van der Waals surface area contributed by atoms with Gasteiger partial charge < -0.3 is 10.1 Å². The van der Waals surface area contributed by atoms with Gasteiger partial charge in [-0.3, -0.25) is 4.79 Å². The third-order valence-corrected chi connectivity index (χ3v) is 6.07. The summed E-state index contributed by atoms with van der Waals surface area (Å²) in [5, 5.41) is 6.59. The van der Waals surface area contributed by atoms with E-state index in [1.54, 1.807) is 11.4 Å². The number of halogens is 2. The number of nitrogens with one attached hydrogen (secondary N) is 1. The molecule has 144 valence electrons. The van der Waals surface area contributed by atoms with Crippen LogP contribution in [0.15, 0.2) is 47.8 Å². The van der Waals surface area contributed by atoms with Gasteiger partial charge in [0.1, 0.15) is 23.1 Å². The zero-order valence-electron chi connectivity index (χ0n) is 15.0. The van der Waals surface area contributed by atoms with E-state index in [0.29, 0.717) is 39.0 Å². The van der Waals surface area contributed by atoms with E-state index in [-0.39, 0.29) is 5.91 Å². The van der Waals surface area contributed by atoms with Crippen LogP contribution in [0.4, 0.5) is 0 Å². The smallest absolute Gasteiger partial charge is 0.270 e. The van der Waals surface area contributed by atoms with Crippen LogP contribution in [-0.4, -0.2) is 17.4 Å². The van der Waals surface area contributed by atoms with Crippen molar-refractivity contribution in [2.45, 2.75) is 19.4 Å². The predicted molar refractivity (Wildman–Crippen MR) is 113 cm³/mol. The number of amides is 1. The van der Waals surface area contributed by atoms with Crippen molar-refractivity contribution < 1.29 is 9.53 Å². The van der Waals surface area contributed by atoms with E-state index in [9.17, 15) is 4.79 Å². The SMILES string of the molecule is O=C(NCC1CC1)c1csc(-c2ccc(OCc3ccccc3Cl)cc2Cl)n1. The van der Waals surface area contributed by atoms with Crippen molar-refractivity contribution in [3.8, 4) is 16.3 Å². The highest BCUT2D eigenvalue weighted by Gasteiger charge is 2.22. The summed E-state index contributed by atoms with van der Waals surface area (Å²) in [6.07, 6.45) is 2.40. The Kier molecular flexibility index (Phi) is 5.85. The molecular weight excluding hydrogens is 415 g/mol. The summed E-state index contributed by atoms with van der Waals surface area (Å²) in [4.78, 5) is 16.6. The largest absolute Gasteiger partial charge is 0.489 e. The van der Waals surface area contributed by atoms with Crippen molar-refractivity contribution >= 4 is 40.4 Å². The molecule has 1 heterocycles. The lowest BCUT2D eigenvalue weighted by Crippen LogP contribution is -2.25. The predicted octanol–water partition coefficient (Wildman–Crippen LogP) is 5.84. The minimum Gasteiger partial charge on any atom is -0.489 e. The van der Waals surface area contributed by atoms with Crippen LogP contribution in [0.25, 0.3) is 10.6 Å². The second kappa shape index (κ2) is 8.52. The maximum absolute atomic E-state index is 12.2. The molecule has 0 aliphatic heterocycles. The molecule has 4 rings (SSSR count). The molecule has 28 heavy (non-hydrogen) atoms. The minimum atomic E-state index is -0.134. The van der Waals surface area contributed by atoms with Crippen LogP contribution in [0, 0.1) is 5.92 Å². The molecule has 0 atom stereocenters. The fourth-order valence-electron chi connectivity index (χ4n) is 2.69. The van der Waals surface area contributed by atoms with Gasteiger partial charge in [0.25, 0.3) is 5.91 Å². The first kappa shape index (κ1) is 19.2. The molecule has 1 aromatic heterocycles. The maximum atomic E-state index is 12.2. The summed E-state index contributed by atoms with van der Waals surface area (Å²) < 4.78 is 5.80. The van der Waals surface area contributed by atoms with Gasteiger partial charge in [-0.05, 0) is 43.0 Å². The summed E-state index contributed by atoms with van der Waals surface area (Å²) in [6, 6.07) is 13.0. The normalized spacial score (nSPS) is 13.4. The molecule has 1 saturated carbocycles. The molecule has 2 aromatic carbocycles. The molecule has 7 heteroatoms. The monoisotopic (exact) mass is 432 g/mol. The van der Waals surface area contributed by atoms with Gasteiger partial charge in [0.15, 0.2) is 0 Å². The fourth-order valence-corrected chi connectivity index (χ4v) is 4.03. The molecule has 1 fully saturated rings. The standard InChI is InChI=1S/C21H18Cl2N2O2S/c22-17-4-2-1-3-14(17)11-27-15-7-8-16(18(23)9-15)21-25-19(12-28-21)20(26)24-10-13-5-6-13/h1-4,7-9,12-13H,5-6,10-11H2,(H,24,26). The molecule has 0 spiro atoms. The minimum absolute atomic E-state index is 0.134. The second-order valence-electron chi connectivity index (χ2n) is 6.71. The van der Waals surface area contributed by atoms with Crippen LogP contribution in [-0.2, 0) is 6.61 Å². The summed E-state index contributed by atoms with van der Waals surface area (Å²) in [5.74, 6) is 1.15. The lowest BCUT2D eigenvalue weighted by atomic mass is 10.2. The lowest BCUT2D eigenvalue weighted by Gasteiger charge is -2.09. The summed E-state index contributed by atoms with van der Waals surface area (Å²) in [6.45, 7) is 1.09. The van der Waals surface area contributed by atoms with E-state index in [2.05, 4.69) is 10.3 Å². The highest BCUT2D eigenvalue weighted by Crippen LogP contribution is 2.34. The van der Waals surface area contributed by atoms with Gasteiger partial charge in [-0.15, -0.1) is 11.3 Å². The van der Waals surface area contributed by atoms with Crippen molar-refractivity contribution in [1.82, 2.24) is 10.3 Å². The number of hydrogen-bond acceptors (Lipinski definition) is 4. The van der Waals surface area contributed by atoms with Gasteiger partial charge in [0.2, 0.25) is 0 Å². The lowest BCUT2D eigenvalue weighted by molar-refractivity contribution is 0.0947. The molecule has 0 saturated heterocycles. The summed E-state index contributed by atoms with van der Waals surface area (Å²) >= 11 is 14.0. The molecule has 4 nitrogen and oxygen atoms in total. The van der Waals surface area contributed by atoms with Gasteiger partial charge in [-0.1, -0.05) is 41.4 Å². The molecule has 1 aliphatic rings. The van der Waals surface area contributed by atoms with E-state index in [1.165, 1.54) is 24.2 Å². The molecule has 0 bridgehead atoms. The average molecular weight is 433 g/mol. The van der Waals surface area contributed by atoms with Crippen LogP contribution in [0.3, 0.4) is 0 Å². The van der Waals surface area contributed by atoms with E-state index >= 15 is 0 Å². The van der Waals surface area contributed by atoms with Gasteiger partial charge >= 0.3 is 0 Å². The van der Waals surface area contributed by atoms with E-state index in [0.717, 1.165) is 17.7 Å². The Balaban J connectivity index is 1.42. The molecular formula is C21H18Cl2N2O2S. The Morgan fingerprint density at radius 2 is 2.00 bits per heavy atom. The van der Waals surface area contributed by atoms with Crippen LogP contribution in [0.2, 0.25) is 10.0 Å². The maximum Gasteiger partial charge on any atom is 0.270 e. The van der Waals surface area contributed by atoms with E-state index < -0.39 is 0 Å². The van der Waals surface area contributed by atoms with E-state index in [1.807, 2.05) is 36.4 Å². The quantitative estimate of drug-likeness (QED) is 0.510. The van der Waals surface area contributed by atoms with Crippen molar-refractivity contribution in [1.29, 1.82) is 0 Å². The number of nitrogens with zero attached hydrogens (tertiary/aromatic N) is 1. The molecule has 1 N–H and O–H groups in total. The first-order valence-electron chi connectivity index (χ1n) is 9.00. The zero-order chi connectivity index (χ0) is 19.5. The number of carbonyl (C=O) groups is 1. The van der Waals surface area contributed by atoms with Gasteiger partial charge in [-0.2, -0.15) is 0 Å². The summed E-state index contributed by atoms with van der Waals surface area (Å²) in [7, 11) is 0. The van der Waals surface area contributed by atoms with Crippen LogP contribution in [0.5, 0.6) is 5.75 Å². The number of aromatic nitrogens is 1. The van der Waals surface area contributed by atoms with Crippen molar-refractivity contribution in [2.24, 2.45) is 5.92 Å². The van der Waals surface area contributed by atoms with Crippen LogP contribution < -0.4 is 10.1 Å². The Hall–Kier alpha value is -2.08. The van der Waals surface area contributed by atoms with Crippen molar-refractivity contribution in [3.05, 3.63) is 69.1 Å². The third kappa shape index (κ3) is 4.66. The number of rotatable bonds is 7. The second-order valence-corrected chi connectivity index (χ2v) is 8.39. The Labute approximate surface area is 177 Å². The summed E-state index contributed by atoms with van der Waals surface area (Å²) in [5.41, 5.74) is 2.11. The first-order chi connectivity index (χ1) is 13.6. The van der Waals surface area contributed by atoms with Crippen LogP contribution in [0.1, 0.15) is 28.9 Å². The molecule has 1 aliphatic carbocycles. The average Bonchev–Trinajstić information content (AvgIpc) is 3.40.